The molecule has 0 radical (unpaired) electrons. The standard InChI is InChI=1S/C33H41N9O3S/c1-17(21-7-5-13-37-21)38-29-23-27(35)44-15-18-9-12-32(2,43)16-42(18)31(23)40-30(39-29)25-19-6-3-10-33(26(19)45-41-25)11-4-8-22-24(33)20(14-34)28(36)46-22/h17-18,21,35,37,43H,3-13,15-16,36H2,1-2H3,(H,38,39,40). The minimum Gasteiger partial charge on any atom is -0.475 e. The fourth-order valence-electron chi connectivity index (χ4n) is 8.63. The minimum absolute atomic E-state index is 0.0274. The second kappa shape index (κ2) is 10.9. The number of aliphatic hydroxyl groups is 1. The van der Waals surface area contributed by atoms with E-state index in [2.05, 4.69) is 33.7 Å². The number of thiophene rings is 1. The number of hydrogen-bond acceptors (Lipinski definition) is 13. The van der Waals surface area contributed by atoms with Crippen LogP contribution in [0, 0.1) is 16.7 Å². The van der Waals surface area contributed by atoms with Crippen LogP contribution in [0.25, 0.3) is 11.5 Å². The molecule has 6 heterocycles. The average Bonchev–Trinajstić information content (AvgIpc) is 3.78. The van der Waals surface area contributed by atoms with Crippen molar-refractivity contribution in [3.8, 4) is 17.6 Å². The van der Waals surface area contributed by atoms with Gasteiger partial charge in [-0.15, -0.1) is 11.3 Å². The van der Waals surface area contributed by atoms with E-state index in [4.69, 9.17) is 30.4 Å². The van der Waals surface area contributed by atoms with Gasteiger partial charge >= 0.3 is 0 Å². The van der Waals surface area contributed by atoms with Gasteiger partial charge in [0.15, 0.2) is 17.3 Å². The molecule has 3 aliphatic heterocycles. The number of anilines is 3. The first-order valence-corrected chi connectivity index (χ1v) is 17.4. The number of rotatable bonds is 4. The number of nitriles is 1. The summed E-state index contributed by atoms with van der Waals surface area (Å²) in [7, 11) is 0. The lowest BCUT2D eigenvalue weighted by molar-refractivity contribution is 0.0318. The highest BCUT2D eigenvalue weighted by molar-refractivity contribution is 7.16. The summed E-state index contributed by atoms with van der Waals surface area (Å²) in [6.45, 7) is 5.68. The van der Waals surface area contributed by atoms with Crippen molar-refractivity contribution in [3.63, 3.8) is 0 Å². The molecule has 242 valence electrons. The van der Waals surface area contributed by atoms with E-state index < -0.39 is 11.0 Å². The number of piperidine rings is 1. The second-order valence-electron chi connectivity index (χ2n) is 14.1. The molecule has 0 amide bonds. The quantitative estimate of drug-likeness (QED) is 0.274. The molecule has 1 spiro atoms. The van der Waals surface area contributed by atoms with Crippen molar-refractivity contribution in [2.75, 3.05) is 35.6 Å². The van der Waals surface area contributed by atoms with Crippen molar-refractivity contribution < 1.29 is 14.4 Å². The molecule has 6 N–H and O–H groups in total. The Morgan fingerprint density at radius 3 is 2.83 bits per heavy atom. The van der Waals surface area contributed by atoms with E-state index in [1.807, 2.05) is 6.92 Å². The van der Waals surface area contributed by atoms with E-state index in [0.29, 0.717) is 58.9 Å². The molecule has 5 unspecified atom stereocenters. The summed E-state index contributed by atoms with van der Waals surface area (Å²) < 4.78 is 12.3. The highest BCUT2D eigenvalue weighted by Crippen LogP contribution is 2.55. The maximum Gasteiger partial charge on any atom is 0.220 e. The Bertz CT molecular complexity index is 1750. The maximum absolute atomic E-state index is 11.2. The van der Waals surface area contributed by atoms with Crippen LogP contribution < -0.4 is 21.3 Å². The van der Waals surface area contributed by atoms with Gasteiger partial charge in [-0.3, -0.25) is 5.41 Å². The monoisotopic (exact) mass is 643 g/mol. The zero-order valence-electron chi connectivity index (χ0n) is 26.4. The van der Waals surface area contributed by atoms with Crippen LogP contribution in [-0.2, 0) is 23.0 Å². The topological polar surface area (TPSA) is 182 Å². The SMILES string of the molecule is CC(Nc1nc(-c2noc3c2CCCC32CCCc3sc(N)c(C#N)c32)nc2c1C(=N)OCC1CCC(C)(O)CN21)C1CCCN1. The third-order valence-electron chi connectivity index (χ3n) is 10.9. The second-order valence-corrected chi connectivity index (χ2v) is 15.2. The van der Waals surface area contributed by atoms with Crippen LogP contribution in [0.4, 0.5) is 16.6 Å². The molecule has 8 rings (SSSR count). The zero-order valence-corrected chi connectivity index (χ0v) is 27.2. The molecule has 5 aliphatic rings. The molecule has 13 heteroatoms. The van der Waals surface area contributed by atoms with E-state index in [9.17, 15) is 10.4 Å². The number of fused-ring (bicyclic) bond motifs is 7. The molecule has 46 heavy (non-hydrogen) atoms. The van der Waals surface area contributed by atoms with Gasteiger partial charge in [0, 0.05) is 29.1 Å². The Hall–Kier alpha value is -3.73. The summed E-state index contributed by atoms with van der Waals surface area (Å²) in [4.78, 5) is 13.5. The molecule has 2 aliphatic carbocycles. The number of nitrogens with two attached hydrogens (primary N) is 1. The van der Waals surface area contributed by atoms with Crippen molar-refractivity contribution in [2.24, 2.45) is 0 Å². The molecule has 2 fully saturated rings. The van der Waals surface area contributed by atoms with Gasteiger partial charge in [-0.25, -0.2) is 9.97 Å². The van der Waals surface area contributed by atoms with E-state index in [-0.39, 0.29) is 24.0 Å². The van der Waals surface area contributed by atoms with Crippen LogP contribution in [0.15, 0.2) is 4.52 Å². The molecule has 5 atom stereocenters. The summed E-state index contributed by atoms with van der Waals surface area (Å²) >= 11 is 1.53. The molecule has 0 saturated carbocycles. The smallest absolute Gasteiger partial charge is 0.220 e. The van der Waals surface area contributed by atoms with Crippen LogP contribution in [0.3, 0.4) is 0 Å². The number of hydrogen-bond donors (Lipinski definition) is 5. The Morgan fingerprint density at radius 1 is 1.22 bits per heavy atom. The highest BCUT2D eigenvalue weighted by Gasteiger charge is 2.49. The lowest BCUT2D eigenvalue weighted by Gasteiger charge is -2.42. The van der Waals surface area contributed by atoms with Crippen LogP contribution in [-0.4, -0.2) is 69.6 Å². The molecular weight excluding hydrogens is 602 g/mol. The van der Waals surface area contributed by atoms with Crippen LogP contribution in [0.2, 0.25) is 0 Å². The van der Waals surface area contributed by atoms with Crippen LogP contribution in [0.1, 0.15) is 98.1 Å². The number of nitrogens with one attached hydrogen (secondary N) is 3. The molecule has 3 aromatic rings. The van der Waals surface area contributed by atoms with Gasteiger partial charge in [-0.05, 0) is 90.2 Å². The summed E-state index contributed by atoms with van der Waals surface area (Å²) in [5.74, 6) is 2.35. The normalized spacial score (nSPS) is 29.2. The predicted octanol–water partition coefficient (Wildman–Crippen LogP) is 4.23. The molecular formula is C33H41N9O3S. The third kappa shape index (κ3) is 4.59. The third-order valence-corrected chi connectivity index (χ3v) is 12.0. The molecule has 2 saturated heterocycles. The Labute approximate surface area is 272 Å². The number of aromatic nitrogens is 3. The summed E-state index contributed by atoms with van der Waals surface area (Å²) in [6, 6.07) is 2.67. The largest absolute Gasteiger partial charge is 0.475 e. The Kier molecular flexibility index (Phi) is 7.04. The lowest BCUT2D eigenvalue weighted by Crippen LogP contribution is -2.53. The number of nitrogen functional groups attached to an aromatic ring is 1. The number of ether oxygens (including phenoxy) is 1. The van der Waals surface area contributed by atoms with Crippen molar-refractivity contribution in [3.05, 3.63) is 32.9 Å². The molecule has 0 aromatic carbocycles. The predicted molar refractivity (Wildman–Crippen MR) is 176 cm³/mol. The minimum atomic E-state index is -0.904. The van der Waals surface area contributed by atoms with Gasteiger partial charge in [0.25, 0.3) is 0 Å². The summed E-state index contributed by atoms with van der Waals surface area (Å²) in [6.07, 6.45) is 8.85. The van der Waals surface area contributed by atoms with Gasteiger partial charge in [-0.1, -0.05) is 5.16 Å². The van der Waals surface area contributed by atoms with E-state index in [0.717, 1.165) is 81.2 Å². The van der Waals surface area contributed by atoms with Crippen LogP contribution >= 0.6 is 11.3 Å². The number of aryl methyl sites for hydroxylation is 1. The van der Waals surface area contributed by atoms with E-state index in [1.165, 1.54) is 16.2 Å². The fraction of sp³-hybridized carbons (Fsp3) is 0.606. The van der Waals surface area contributed by atoms with Crippen molar-refractivity contribution in [1.82, 2.24) is 20.4 Å². The molecule has 3 aromatic heterocycles. The zero-order chi connectivity index (χ0) is 31.8. The first-order chi connectivity index (χ1) is 22.2. The molecule has 0 bridgehead atoms. The van der Waals surface area contributed by atoms with Gasteiger partial charge in [0.1, 0.15) is 34.9 Å². The van der Waals surface area contributed by atoms with Gasteiger partial charge in [0.05, 0.1) is 22.6 Å². The first kappa shape index (κ1) is 29.7. The van der Waals surface area contributed by atoms with Crippen molar-refractivity contribution >= 4 is 33.9 Å². The summed E-state index contributed by atoms with van der Waals surface area (Å²) in [5.41, 5.74) is 8.70. The van der Waals surface area contributed by atoms with Crippen molar-refractivity contribution in [1.29, 1.82) is 10.7 Å². The average molecular weight is 644 g/mol. The maximum atomic E-state index is 11.2. The molecule has 12 nitrogen and oxygen atoms in total. The first-order valence-electron chi connectivity index (χ1n) is 16.6. The number of nitrogens with zero attached hydrogens (tertiary/aromatic N) is 5. The van der Waals surface area contributed by atoms with Crippen LogP contribution in [0.5, 0.6) is 0 Å². The van der Waals surface area contributed by atoms with E-state index in [1.54, 1.807) is 0 Å². The van der Waals surface area contributed by atoms with Gasteiger partial charge in [-0.2, -0.15) is 5.26 Å². The van der Waals surface area contributed by atoms with Crippen molar-refractivity contribution in [2.45, 2.75) is 107 Å². The van der Waals surface area contributed by atoms with E-state index >= 15 is 0 Å². The Morgan fingerprint density at radius 2 is 2.04 bits per heavy atom. The van der Waals surface area contributed by atoms with Gasteiger partial charge in [0.2, 0.25) is 5.90 Å². The van der Waals surface area contributed by atoms with Gasteiger partial charge < -0.3 is 35.6 Å². The summed E-state index contributed by atoms with van der Waals surface area (Å²) in [5, 5.41) is 42.7. The highest BCUT2D eigenvalue weighted by atomic mass is 32.1. The Balaban J connectivity index is 1.29. The fourth-order valence-corrected chi connectivity index (χ4v) is 9.79. The lowest BCUT2D eigenvalue weighted by atomic mass is 9.63.